The van der Waals surface area contributed by atoms with Gasteiger partial charge < -0.3 is 24.4 Å². The lowest BCUT2D eigenvalue weighted by atomic mass is 9.99. The smallest absolute Gasteiger partial charge is 0.313 e. The minimum Gasteiger partial charge on any atom is -0.496 e. The molecular weight excluding hydrogens is 1370 g/mol. The Kier molecular flexibility index (Phi) is 24.9. The highest BCUT2D eigenvalue weighted by Gasteiger charge is 2.24. The van der Waals surface area contributed by atoms with Crippen molar-refractivity contribution in [3.8, 4) is 39.5 Å². The first-order valence-corrected chi connectivity index (χ1v) is 36.6. The maximum absolute atomic E-state index is 13.3. The second-order valence-corrected chi connectivity index (χ2v) is 29.0. The van der Waals surface area contributed by atoms with Gasteiger partial charge in [-0.25, -0.2) is 25.3 Å². The largest absolute Gasteiger partial charge is 0.496 e. The summed E-state index contributed by atoms with van der Waals surface area (Å²) in [4.78, 5) is 23.8. The van der Waals surface area contributed by atoms with Gasteiger partial charge >= 0.3 is 11.9 Å². The second kappa shape index (κ2) is 32.9. The molecule has 11 aromatic carbocycles. The number of nitrogens with one attached hydrogen (secondary N) is 3. The number of aryl methyl sites for hydroxylation is 1. The van der Waals surface area contributed by atoms with Crippen LogP contribution < -0.4 is 28.4 Å². The zero-order valence-electron chi connectivity index (χ0n) is 51.4. The van der Waals surface area contributed by atoms with Gasteiger partial charge in [0, 0.05) is 36.8 Å². The standard InChI is InChI=1S/2C25H21NO5S2.C22H24BrNO3S.CH4/c1-31-25-21-13-6-5-12-20(21)22(15-23(25)32-16-24(27)28)26-33(29,30)19-11-7-10-18(14-19)17-8-3-2-4-9-17;1-31-25-21-10-6-5-9-20(21)22(15-23(25)32-16-24(27)28)26-33(29,30)19-13-11-18(12-14-19)17-7-3-2-4-8-17;1-3-4-5-8-16-15-21(19-9-6-7-10-20(19)22(16)27-2)24-28(25,26)18-13-11-17(23)12-14-18;/h2*2-15,26H,16H2,1H3,(H,27,28);6-7,9-15,24H,3-5,8H2,1-2H3;1H4. The summed E-state index contributed by atoms with van der Waals surface area (Å²) >= 11 is 5.48. The maximum atomic E-state index is 13.3. The third-order valence-electron chi connectivity index (χ3n) is 14.7. The molecule has 95 heavy (non-hydrogen) atoms. The van der Waals surface area contributed by atoms with E-state index in [0.717, 1.165) is 98.0 Å². The van der Waals surface area contributed by atoms with E-state index in [2.05, 4.69) is 37.0 Å². The molecular formula is C73H70BrN3O13S5. The van der Waals surface area contributed by atoms with E-state index >= 15 is 0 Å². The van der Waals surface area contributed by atoms with E-state index in [1.165, 1.54) is 14.2 Å². The second-order valence-electron chi connectivity index (χ2n) is 21.0. The fourth-order valence-corrected chi connectivity index (χ4v) is 15.5. The first-order valence-electron chi connectivity index (χ1n) is 29.4. The molecule has 0 aromatic heterocycles. The predicted molar refractivity (Wildman–Crippen MR) is 389 cm³/mol. The minimum atomic E-state index is -3.92. The van der Waals surface area contributed by atoms with E-state index in [1.807, 2.05) is 121 Å². The van der Waals surface area contributed by atoms with Crippen LogP contribution in [0.25, 0.3) is 54.6 Å². The van der Waals surface area contributed by atoms with Gasteiger partial charge in [-0.1, -0.05) is 201 Å². The van der Waals surface area contributed by atoms with E-state index in [4.69, 9.17) is 24.4 Å². The van der Waals surface area contributed by atoms with Crippen LogP contribution in [-0.2, 0) is 46.1 Å². The molecule has 0 aliphatic heterocycles. The zero-order chi connectivity index (χ0) is 67.0. The molecule has 0 saturated carbocycles. The summed E-state index contributed by atoms with van der Waals surface area (Å²) in [5.74, 6) is -0.482. The summed E-state index contributed by atoms with van der Waals surface area (Å²) in [5.41, 5.74) is 5.91. The number of aliphatic carboxylic acids is 2. The predicted octanol–water partition coefficient (Wildman–Crippen LogP) is 17.8. The molecule has 0 bridgehead atoms. The van der Waals surface area contributed by atoms with E-state index in [0.29, 0.717) is 59.9 Å². The van der Waals surface area contributed by atoms with Crippen molar-refractivity contribution in [2.45, 2.75) is 64.5 Å². The molecule has 492 valence electrons. The number of anilines is 3. The lowest BCUT2D eigenvalue weighted by Crippen LogP contribution is -2.13. The summed E-state index contributed by atoms with van der Waals surface area (Å²) in [7, 11) is -6.83. The van der Waals surface area contributed by atoms with Gasteiger partial charge in [-0.15, -0.1) is 23.5 Å². The lowest BCUT2D eigenvalue weighted by molar-refractivity contribution is -0.134. The number of thioether (sulfide) groups is 2. The Morgan fingerprint density at radius 2 is 0.768 bits per heavy atom. The van der Waals surface area contributed by atoms with Crippen LogP contribution in [0.5, 0.6) is 17.2 Å². The molecule has 16 nitrogen and oxygen atoms in total. The number of halogens is 1. The Labute approximate surface area is 571 Å². The van der Waals surface area contributed by atoms with E-state index in [1.54, 1.807) is 110 Å². The van der Waals surface area contributed by atoms with E-state index in [9.17, 15) is 34.8 Å². The van der Waals surface area contributed by atoms with Crippen molar-refractivity contribution >= 4 is 131 Å². The molecule has 0 saturated heterocycles. The Morgan fingerprint density at radius 3 is 1.19 bits per heavy atom. The SMILES string of the molecule is C.CCCCCc1cc(NS(=O)(=O)c2ccc(Br)cc2)c2ccccc2c1OC.COc1c(SCC(=O)O)cc(NS(=O)(=O)c2ccc(-c3ccccc3)cc2)c2ccccc12.COc1c(SCC(=O)O)cc(NS(=O)(=O)c2cccc(-c3ccccc3)c2)c2ccccc12. The number of sulfonamides is 3. The molecule has 5 N–H and O–H groups in total. The first-order chi connectivity index (χ1) is 45.2. The third-order valence-corrected chi connectivity index (χ3v) is 21.4. The number of carboxylic acid groups (broad SMARTS) is 2. The van der Waals surface area contributed by atoms with Gasteiger partial charge in [0.25, 0.3) is 30.1 Å². The molecule has 22 heteroatoms. The Hall–Kier alpha value is -9.03. The highest BCUT2D eigenvalue weighted by molar-refractivity contribution is 9.10. The van der Waals surface area contributed by atoms with Gasteiger partial charge in [-0.05, 0) is 107 Å². The number of fused-ring (bicyclic) bond motifs is 3. The summed E-state index contributed by atoms with van der Waals surface area (Å²) in [6, 6.07) is 66.6. The van der Waals surface area contributed by atoms with Gasteiger partial charge in [0.2, 0.25) is 0 Å². The summed E-state index contributed by atoms with van der Waals surface area (Å²) in [6.07, 6.45) is 4.12. The van der Waals surface area contributed by atoms with E-state index < -0.39 is 42.0 Å². The van der Waals surface area contributed by atoms with Crippen molar-refractivity contribution in [1.29, 1.82) is 0 Å². The van der Waals surface area contributed by atoms with Gasteiger partial charge in [0.05, 0.1) is 74.4 Å². The monoisotopic (exact) mass is 1440 g/mol. The number of hydrogen-bond donors (Lipinski definition) is 5. The van der Waals surface area contributed by atoms with Crippen LogP contribution in [0, 0.1) is 0 Å². The highest BCUT2D eigenvalue weighted by Crippen LogP contribution is 2.44. The van der Waals surface area contributed by atoms with Crippen molar-refractivity contribution in [2.75, 3.05) is 47.0 Å². The molecule has 11 aromatic rings. The topological polar surface area (TPSA) is 241 Å². The van der Waals surface area contributed by atoms with Crippen molar-refractivity contribution in [3.63, 3.8) is 0 Å². The summed E-state index contributed by atoms with van der Waals surface area (Å²) in [5, 5.41) is 22.6. The first kappa shape index (κ1) is 71.8. The number of carboxylic acids is 2. The highest BCUT2D eigenvalue weighted by atomic mass is 79.9. The Bertz CT molecular complexity index is 4860. The molecule has 0 fully saturated rings. The number of rotatable bonds is 24. The van der Waals surface area contributed by atoms with Crippen LogP contribution in [0.3, 0.4) is 0 Å². The van der Waals surface area contributed by atoms with Crippen molar-refractivity contribution in [1.82, 2.24) is 0 Å². The van der Waals surface area contributed by atoms with Crippen LogP contribution in [0.1, 0.15) is 39.2 Å². The van der Waals surface area contributed by atoms with Crippen LogP contribution >= 0.6 is 39.5 Å². The molecule has 0 aliphatic carbocycles. The van der Waals surface area contributed by atoms with Crippen LogP contribution in [-0.4, -0.2) is 80.2 Å². The third kappa shape index (κ3) is 18.1. The molecule has 0 spiro atoms. The van der Waals surface area contributed by atoms with Crippen LogP contribution in [0.4, 0.5) is 17.1 Å². The van der Waals surface area contributed by atoms with Crippen LogP contribution in [0.15, 0.2) is 253 Å². The quantitative estimate of drug-likeness (QED) is 0.0279. The van der Waals surface area contributed by atoms with Gasteiger partial charge in [-0.3, -0.25) is 23.8 Å². The van der Waals surface area contributed by atoms with Crippen molar-refractivity contribution in [2.24, 2.45) is 0 Å². The van der Waals surface area contributed by atoms with Crippen LogP contribution in [0.2, 0.25) is 0 Å². The fraction of sp³-hybridized carbons (Fsp3) is 0.151. The Morgan fingerprint density at radius 1 is 0.411 bits per heavy atom. The number of benzene rings is 11. The number of unbranched alkanes of at least 4 members (excludes halogenated alkanes) is 2. The van der Waals surface area contributed by atoms with E-state index in [-0.39, 0.29) is 33.6 Å². The van der Waals surface area contributed by atoms with Crippen molar-refractivity contribution in [3.05, 3.63) is 234 Å². The average Bonchev–Trinajstić information content (AvgIpc) is 0.793. The lowest BCUT2D eigenvalue weighted by Gasteiger charge is -2.17. The number of hydrogen-bond acceptors (Lipinski definition) is 13. The summed E-state index contributed by atoms with van der Waals surface area (Å²) in [6.45, 7) is 2.16. The molecule has 0 radical (unpaired) electrons. The van der Waals surface area contributed by atoms with Crippen molar-refractivity contribution < 1.29 is 59.3 Å². The average molecular weight is 1440 g/mol. The molecule has 11 rings (SSSR count). The number of carbonyl (C=O) groups is 2. The molecule has 0 unspecified atom stereocenters. The minimum absolute atomic E-state index is 0. The number of methoxy groups -OCH3 is 3. The molecule has 0 amide bonds. The number of ether oxygens (including phenoxy) is 3. The summed E-state index contributed by atoms with van der Waals surface area (Å²) < 4.78 is 105. The molecule has 0 heterocycles. The zero-order valence-corrected chi connectivity index (χ0v) is 57.1. The van der Waals surface area contributed by atoms with Gasteiger partial charge in [0.1, 0.15) is 17.2 Å². The fourth-order valence-electron chi connectivity index (χ4n) is 10.4. The molecule has 0 aliphatic rings. The maximum Gasteiger partial charge on any atom is 0.313 e. The molecule has 0 atom stereocenters. The van der Waals surface area contributed by atoms with Gasteiger partial charge in [0.15, 0.2) is 0 Å². The normalized spacial score (nSPS) is 11.3. The Balaban J connectivity index is 0.000000182. The van der Waals surface area contributed by atoms with Gasteiger partial charge in [-0.2, -0.15) is 0 Å².